The van der Waals surface area contributed by atoms with E-state index in [-0.39, 0.29) is 5.91 Å². The Labute approximate surface area is 170 Å². The molecule has 0 saturated carbocycles. The maximum Gasteiger partial charge on any atom is 0.223 e. The average Bonchev–Trinajstić information content (AvgIpc) is 2.97. The minimum Gasteiger partial charge on any atom is -0.490 e. The van der Waals surface area contributed by atoms with Crippen LogP contribution < -0.4 is 14.4 Å². The minimum atomic E-state index is 0.206. The van der Waals surface area contributed by atoms with Crippen molar-refractivity contribution >= 4 is 23.2 Å². The molecule has 0 aromatic heterocycles. The van der Waals surface area contributed by atoms with Crippen LogP contribution in [0.25, 0.3) is 0 Å². The average molecular weight is 401 g/mol. The van der Waals surface area contributed by atoms with E-state index in [1.54, 1.807) is 0 Å². The van der Waals surface area contributed by atoms with E-state index in [1.807, 2.05) is 41.3 Å². The van der Waals surface area contributed by atoms with Gasteiger partial charge in [0.25, 0.3) is 0 Å². The van der Waals surface area contributed by atoms with Crippen LogP contribution in [0.5, 0.6) is 11.5 Å². The van der Waals surface area contributed by atoms with Crippen molar-refractivity contribution in [2.45, 2.75) is 19.3 Å². The van der Waals surface area contributed by atoms with Crippen molar-refractivity contribution in [1.29, 1.82) is 0 Å². The zero-order chi connectivity index (χ0) is 19.3. The van der Waals surface area contributed by atoms with E-state index >= 15 is 0 Å². The first-order valence-corrected chi connectivity index (χ1v) is 10.2. The summed E-state index contributed by atoms with van der Waals surface area (Å²) in [6.07, 6.45) is 2.12. The lowest BCUT2D eigenvalue weighted by Gasteiger charge is -2.36. The summed E-state index contributed by atoms with van der Waals surface area (Å²) in [5.74, 6) is 1.79. The van der Waals surface area contributed by atoms with Crippen molar-refractivity contribution < 1.29 is 14.3 Å². The Hall–Kier alpha value is -2.40. The van der Waals surface area contributed by atoms with Crippen LogP contribution in [0.4, 0.5) is 5.69 Å². The lowest BCUT2D eigenvalue weighted by molar-refractivity contribution is -0.131. The van der Waals surface area contributed by atoms with E-state index in [0.29, 0.717) is 26.1 Å². The molecule has 1 saturated heterocycles. The molecule has 5 nitrogen and oxygen atoms in total. The summed E-state index contributed by atoms with van der Waals surface area (Å²) < 4.78 is 11.4. The predicted molar refractivity (Wildman–Crippen MR) is 111 cm³/mol. The van der Waals surface area contributed by atoms with Crippen molar-refractivity contribution in [2.75, 3.05) is 44.3 Å². The van der Waals surface area contributed by atoms with Gasteiger partial charge in [-0.15, -0.1) is 0 Å². The topological polar surface area (TPSA) is 42.0 Å². The van der Waals surface area contributed by atoms with Crippen LogP contribution in [0.1, 0.15) is 18.4 Å². The fourth-order valence-electron chi connectivity index (χ4n) is 3.66. The van der Waals surface area contributed by atoms with Gasteiger partial charge in [0.15, 0.2) is 11.5 Å². The molecule has 0 atom stereocenters. The zero-order valence-electron chi connectivity index (χ0n) is 15.9. The van der Waals surface area contributed by atoms with Crippen LogP contribution in [-0.2, 0) is 11.2 Å². The zero-order valence-corrected chi connectivity index (χ0v) is 16.7. The number of amides is 1. The number of rotatable bonds is 4. The molecule has 0 aliphatic carbocycles. The highest BCUT2D eigenvalue weighted by molar-refractivity contribution is 6.30. The number of hydrogen-bond acceptors (Lipinski definition) is 4. The molecule has 0 bridgehead atoms. The summed E-state index contributed by atoms with van der Waals surface area (Å²) in [6.45, 7) is 4.50. The van der Waals surface area contributed by atoms with Crippen molar-refractivity contribution in [1.82, 2.24) is 4.90 Å². The van der Waals surface area contributed by atoms with Crippen molar-refractivity contribution in [3.05, 3.63) is 53.1 Å². The van der Waals surface area contributed by atoms with Gasteiger partial charge >= 0.3 is 0 Å². The van der Waals surface area contributed by atoms with E-state index in [1.165, 1.54) is 0 Å². The molecule has 0 unspecified atom stereocenters. The van der Waals surface area contributed by atoms with Gasteiger partial charge in [-0.05, 0) is 42.3 Å². The highest BCUT2D eigenvalue weighted by Gasteiger charge is 2.21. The standard InChI is InChI=1S/C22H25ClN2O3/c23-18-3-1-4-19(16-18)24-9-11-25(12-10-24)22(26)8-6-17-5-7-20-21(15-17)28-14-2-13-27-20/h1,3-5,7,15-16H,2,6,8-14H2. The van der Waals surface area contributed by atoms with Gasteiger partial charge in [0.05, 0.1) is 13.2 Å². The fourth-order valence-corrected chi connectivity index (χ4v) is 3.84. The summed E-state index contributed by atoms with van der Waals surface area (Å²) >= 11 is 6.09. The first-order valence-electron chi connectivity index (χ1n) is 9.86. The van der Waals surface area contributed by atoms with Crippen LogP contribution >= 0.6 is 11.6 Å². The van der Waals surface area contributed by atoms with E-state index in [2.05, 4.69) is 11.0 Å². The summed E-state index contributed by atoms with van der Waals surface area (Å²) in [5, 5.41) is 0.742. The lowest BCUT2D eigenvalue weighted by atomic mass is 10.1. The molecule has 2 aromatic carbocycles. The second-order valence-corrected chi connectivity index (χ2v) is 7.62. The van der Waals surface area contributed by atoms with Crippen molar-refractivity contribution in [3.63, 3.8) is 0 Å². The molecule has 2 aromatic rings. The Kier molecular flexibility index (Phi) is 5.91. The highest BCUT2D eigenvalue weighted by Crippen LogP contribution is 2.31. The molecular weight excluding hydrogens is 376 g/mol. The number of halogens is 1. The summed E-state index contributed by atoms with van der Waals surface area (Å²) in [4.78, 5) is 16.9. The summed E-state index contributed by atoms with van der Waals surface area (Å²) in [5.41, 5.74) is 2.22. The molecule has 0 spiro atoms. The van der Waals surface area contributed by atoms with Crippen molar-refractivity contribution in [2.24, 2.45) is 0 Å². The normalized spacial score (nSPS) is 16.6. The second kappa shape index (κ2) is 8.74. The molecular formula is C22H25ClN2O3. The number of ether oxygens (including phenoxy) is 2. The van der Waals surface area contributed by atoms with Gasteiger partial charge in [0.1, 0.15) is 0 Å². The Morgan fingerprint density at radius 3 is 2.54 bits per heavy atom. The van der Waals surface area contributed by atoms with E-state index in [9.17, 15) is 4.79 Å². The van der Waals surface area contributed by atoms with Crippen molar-refractivity contribution in [3.8, 4) is 11.5 Å². The molecule has 6 heteroatoms. The van der Waals surface area contributed by atoms with Crippen LogP contribution in [0.15, 0.2) is 42.5 Å². The quantitative estimate of drug-likeness (QED) is 0.783. The first-order chi connectivity index (χ1) is 13.7. The van der Waals surface area contributed by atoms with Gasteiger partial charge in [0.2, 0.25) is 5.91 Å². The molecule has 1 amide bonds. The molecule has 1 fully saturated rings. The molecule has 4 rings (SSSR count). The third-order valence-electron chi connectivity index (χ3n) is 5.25. The summed E-state index contributed by atoms with van der Waals surface area (Å²) in [7, 11) is 0. The Morgan fingerprint density at radius 1 is 0.964 bits per heavy atom. The Balaban J connectivity index is 1.29. The molecule has 2 aliphatic heterocycles. The van der Waals surface area contributed by atoms with Crippen LogP contribution in [-0.4, -0.2) is 50.2 Å². The maximum atomic E-state index is 12.6. The van der Waals surface area contributed by atoms with E-state index < -0.39 is 0 Å². The number of carbonyl (C=O) groups is 1. The number of nitrogens with zero attached hydrogens (tertiary/aromatic N) is 2. The van der Waals surface area contributed by atoms with Gasteiger partial charge < -0.3 is 19.3 Å². The van der Waals surface area contributed by atoms with Crippen LogP contribution in [0.2, 0.25) is 5.02 Å². The van der Waals surface area contributed by atoms with Gasteiger partial charge in [-0.3, -0.25) is 4.79 Å². The van der Waals surface area contributed by atoms with Crippen LogP contribution in [0, 0.1) is 0 Å². The minimum absolute atomic E-state index is 0.206. The molecule has 28 heavy (non-hydrogen) atoms. The molecule has 0 radical (unpaired) electrons. The van der Waals surface area contributed by atoms with E-state index in [4.69, 9.17) is 21.1 Å². The van der Waals surface area contributed by atoms with Gasteiger partial charge in [-0.1, -0.05) is 23.7 Å². The SMILES string of the molecule is O=C(CCc1ccc2c(c1)OCCCO2)N1CCN(c2cccc(Cl)c2)CC1. The third kappa shape index (κ3) is 4.53. The largest absolute Gasteiger partial charge is 0.490 e. The molecule has 0 N–H and O–H groups in total. The molecule has 2 aliphatic rings. The van der Waals surface area contributed by atoms with E-state index in [0.717, 1.165) is 60.4 Å². The van der Waals surface area contributed by atoms with Gasteiger partial charge in [-0.2, -0.15) is 0 Å². The van der Waals surface area contributed by atoms with Gasteiger partial charge in [-0.25, -0.2) is 0 Å². The maximum absolute atomic E-state index is 12.6. The number of benzene rings is 2. The number of piperazine rings is 1. The van der Waals surface area contributed by atoms with Gasteiger partial charge in [0, 0.05) is 49.7 Å². The number of hydrogen-bond donors (Lipinski definition) is 0. The number of aryl methyl sites for hydroxylation is 1. The number of fused-ring (bicyclic) bond motifs is 1. The lowest BCUT2D eigenvalue weighted by Crippen LogP contribution is -2.48. The molecule has 148 valence electrons. The monoisotopic (exact) mass is 400 g/mol. The number of carbonyl (C=O) groups excluding carboxylic acids is 1. The number of anilines is 1. The highest BCUT2D eigenvalue weighted by atomic mass is 35.5. The second-order valence-electron chi connectivity index (χ2n) is 7.18. The molecule has 2 heterocycles. The smallest absolute Gasteiger partial charge is 0.223 e. The Morgan fingerprint density at radius 2 is 1.75 bits per heavy atom. The Bertz CT molecular complexity index is 834. The van der Waals surface area contributed by atoms with Crippen LogP contribution in [0.3, 0.4) is 0 Å². The third-order valence-corrected chi connectivity index (χ3v) is 5.48. The first kappa shape index (κ1) is 18.9. The predicted octanol–water partition coefficient (Wildman–Crippen LogP) is 3.78. The summed E-state index contributed by atoms with van der Waals surface area (Å²) in [6, 6.07) is 13.9. The fraction of sp³-hybridized carbons (Fsp3) is 0.409.